The van der Waals surface area contributed by atoms with E-state index in [0.717, 1.165) is 33.3 Å². The van der Waals surface area contributed by atoms with Crippen LogP contribution in [0.15, 0.2) is 47.5 Å². The first-order valence-electron chi connectivity index (χ1n) is 7.95. The monoisotopic (exact) mass is 366 g/mol. The van der Waals surface area contributed by atoms with E-state index in [4.69, 9.17) is 5.14 Å². The van der Waals surface area contributed by atoms with Gasteiger partial charge in [-0.15, -0.1) is 0 Å². The van der Waals surface area contributed by atoms with Gasteiger partial charge in [0.25, 0.3) is 0 Å². The predicted octanol–water partition coefficient (Wildman–Crippen LogP) is 2.98. The van der Waals surface area contributed by atoms with Crippen molar-refractivity contribution in [1.82, 2.24) is 4.98 Å². The number of nitrogens with two attached hydrogens (primary N) is 1. The summed E-state index contributed by atoms with van der Waals surface area (Å²) in [7, 11) is -3.71. The summed E-state index contributed by atoms with van der Waals surface area (Å²) in [4.78, 5) is 4.43. The Balaban J connectivity index is 1.95. The van der Waals surface area contributed by atoms with Crippen LogP contribution in [0.1, 0.15) is 22.3 Å². The van der Waals surface area contributed by atoms with Crippen LogP contribution in [-0.2, 0) is 16.6 Å². The number of fused-ring (bicyclic) bond motifs is 1. The summed E-state index contributed by atoms with van der Waals surface area (Å²) in [5.41, 5.74) is 5.13. The standard InChI is InChI=1S/C19H18N4O2S/c1-12-7-17-18(8-13(12)2)22-11-15(9-20)19(17)23-10-14-3-5-16(6-4-14)26(21,24)25/h3-8,11H,10H2,1-2H3,(H,22,23)(H2,21,24,25). The Morgan fingerprint density at radius 1 is 1.15 bits per heavy atom. The molecule has 0 unspecified atom stereocenters. The average molecular weight is 366 g/mol. The molecule has 0 saturated carbocycles. The van der Waals surface area contributed by atoms with Crippen LogP contribution in [-0.4, -0.2) is 13.4 Å². The molecule has 3 aromatic rings. The minimum Gasteiger partial charge on any atom is -0.379 e. The summed E-state index contributed by atoms with van der Waals surface area (Å²) in [6.07, 6.45) is 1.56. The number of pyridine rings is 1. The molecule has 0 aliphatic carbocycles. The third-order valence-electron chi connectivity index (χ3n) is 4.33. The number of sulfonamides is 1. The van der Waals surface area contributed by atoms with Crippen LogP contribution in [0.25, 0.3) is 10.9 Å². The van der Waals surface area contributed by atoms with Crippen LogP contribution >= 0.6 is 0 Å². The minimum atomic E-state index is -3.71. The van der Waals surface area contributed by atoms with E-state index >= 15 is 0 Å². The summed E-state index contributed by atoms with van der Waals surface area (Å²) in [6, 6.07) is 12.5. The maximum Gasteiger partial charge on any atom is 0.238 e. The summed E-state index contributed by atoms with van der Waals surface area (Å²) >= 11 is 0. The average Bonchev–Trinajstić information content (AvgIpc) is 2.60. The Bertz CT molecular complexity index is 1130. The number of nitrogens with one attached hydrogen (secondary N) is 1. The molecule has 0 radical (unpaired) electrons. The van der Waals surface area contributed by atoms with E-state index in [0.29, 0.717) is 12.1 Å². The van der Waals surface area contributed by atoms with Gasteiger partial charge in [-0.2, -0.15) is 5.26 Å². The van der Waals surface area contributed by atoms with Gasteiger partial charge in [0.2, 0.25) is 10.0 Å². The number of benzene rings is 2. The van der Waals surface area contributed by atoms with Crippen molar-refractivity contribution >= 4 is 26.6 Å². The Kier molecular flexibility index (Phi) is 4.64. The smallest absolute Gasteiger partial charge is 0.238 e. The van der Waals surface area contributed by atoms with Crippen molar-refractivity contribution in [3.05, 3.63) is 64.8 Å². The van der Waals surface area contributed by atoms with Crippen molar-refractivity contribution in [2.45, 2.75) is 25.3 Å². The van der Waals surface area contributed by atoms with Crippen LogP contribution in [0.3, 0.4) is 0 Å². The molecule has 0 saturated heterocycles. The predicted molar refractivity (Wildman–Crippen MR) is 101 cm³/mol. The number of nitriles is 1. The highest BCUT2D eigenvalue weighted by atomic mass is 32.2. The number of aromatic nitrogens is 1. The quantitative estimate of drug-likeness (QED) is 0.738. The van der Waals surface area contributed by atoms with Crippen LogP contribution in [0, 0.1) is 25.2 Å². The fraction of sp³-hybridized carbons (Fsp3) is 0.158. The van der Waals surface area contributed by atoms with Crippen molar-refractivity contribution < 1.29 is 8.42 Å². The van der Waals surface area contributed by atoms with E-state index in [9.17, 15) is 13.7 Å². The first-order chi connectivity index (χ1) is 12.3. The van der Waals surface area contributed by atoms with Gasteiger partial charge in [0.15, 0.2) is 0 Å². The summed E-state index contributed by atoms with van der Waals surface area (Å²) in [5, 5.41) is 18.7. The van der Waals surface area contributed by atoms with Crippen LogP contribution in [0.2, 0.25) is 0 Å². The molecular formula is C19H18N4O2S. The second-order valence-electron chi connectivity index (χ2n) is 6.15. The first-order valence-corrected chi connectivity index (χ1v) is 9.50. The number of rotatable bonds is 4. The molecule has 7 heteroatoms. The molecule has 26 heavy (non-hydrogen) atoms. The van der Waals surface area contributed by atoms with Gasteiger partial charge in [-0.1, -0.05) is 12.1 Å². The lowest BCUT2D eigenvalue weighted by Crippen LogP contribution is -2.12. The van der Waals surface area contributed by atoms with Crippen molar-refractivity contribution in [3.8, 4) is 6.07 Å². The van der Waals surface area contributed by atoms with E-state index in [1.54, 1.807) is 18.3 Å². The molecule has 0 spiro atoms. The topological polar surface area (TPSA) is 109 Å². The third-order valence-corrected chi connectivity index (χ3v) is 5.25. The lowest BCUT2D eigenvalue weighted by molar-refractivity contribution is 0.598. The Labute approximate surface area is 152 Å². The largest absolute Gasteiger partial charge is 0.379 e. The second kappa shape index (κ2) is 6.75. The fourth-order valence-corrected chi connectivity index (χ4v) is 3.23. The lowest BCUT2D eigenvalue weighted by atomic mass is 10.0. The molecular weight excluding hydrogens is 348 g/mol. The van der Waals surface area contributed by atoms with Gasteiger partial charge in [-0.05, 0) is 54.8 Å². The Morgan fingerprint density at radius 2 is 1.81 bits per heavy atom. The summed E-state index contributed by atoms with van der Waals surface area (Å²) < 4.78 is 22.7. The summed E-state index contributed by atoms with van der Waals surface area (Å²) in [5.74, 6) is 0. The number of anilines is 1. The summed E-state index contributed by atoms with van der Waals surface area (Å²) in [6.45, 7) is 4.48. The van der Waals surface area contributed by atoms with Gasteiger partial charge in [-0.3, -0.25) is 4.98 Å². The Hall–Kier alpha value is -2.95. The van der Waals surface area contributed by atoms with Gasteiger partial charge in [-0.25, -0.2) is 13.6 Å². The van der Waals surface area contributed by atoms with E-state index in [1.165, 1.54) is 12.1 Å². The van der Waals surface area contributed by atoms with Crippen LogP contribution < -0.4 is 10.5 Å². The molecule has 2 aromatic carbocycles. The molecule has 3 N–H and O–H groups in total. The van der Waals surface area contributed by atoms with Gasteiger partial charge in [0.1, 0.15) is 6.07 Å². The molecule has 0 aliphatic heterocycles. The molecule has 0 bridgehead atoms. The number of hydrogen-bond donors (Lipinski definition) is 2. The molecule has 0 atom stereocenters. The van der Waals surface area contributed by atoms with Crippen molar-refractivity contribution in [3.63, 3.8) is 0 Å². The molecule has 0 aliphatic rings. The van der Waals surface area contributed by atoms with E-state index in [1.807, 2.05) is 26.0 Å². The van der Waals surface area contributed by atoms with Crippen molar-refractivity contribution in [1.29, 1.82) is 5.26 Å². The Morgan fingerprint density at radius 3 is 2.42 bits per heavy atom. The van der Waals surface area contributed by atoms with E-state index in [2.05, 4.69) is 16.4 Å². The maximum atomic E-state index is 11.3. The van der Waals surface area contributed by atoms with Crippen molar-refractivity contribution in [2.75, 3.05) is 5.32 Å². The lowest BCUT2D eigenvalue weighted by Gasteiger charge is -2.13. The van der Waals surface area contributed by atoms with Crippen molar-refractivity contribution in [2.24, 2.45) is 5.14 Å². The highest BCUT2D eigenvalue weighted by Crippen LogP contribution is 2.28. The minimum absolute atomic E-state index is 0.0689. The molecule has 0 amide bonds. The van der Waals surface area contributed by atoms with Gasteiger partial charge in [0, 0.05) is 18.1 Å². The number of hydrogen-bond acceptors (Lipinski definition) is 5. The number of primary sulfonamides is 1. The highest BCUT2D eigenvalue weighted by molar-refractivity contribution is 7.89. The maximum absolute atomic E-state index is 11.3. The third kappa shape index (κ3) is 3.52. The molecule has 0 fully saturated rings. The zero-order chi connectivity index (χ0) is 18.9. The first kappa shape index (κ1) is 17.9. The molecule has 132 valence electrons. The zero-order valence-electron chi connectivity index (χ0n) is 14.4. The van der Waals surface area contributed by atoms with Gasteiger partial charge >= 0.3 is 0 Å². The highest BCUT2D eigenvalue weighted by Gasteiger charge is 2.11. The van der Waals surface area contributed by atoms with E-state index < -0.39 is 10.0 Å². The number of aryl methyl sites for hydroxylation is 2. The van der Waals surface area contributed by atoms with Gasteiger partial charge < -0.3 is 5.32 Å². The molecule has 6 nitrogen and oxygen atoms in total. The van der Waals surface area contributed by atoms with E-state index in [-0.39, 0.29) is 4.90 Å². The molecule has 3 rings (SSSR count). The van der Waals surface area contributed by atoms with Gasteiger partial charge in [0.05, 0.1) is 21.7 Å². The normalized spacial score (nSPS) is 11.3. The zero-order valence-corrected chi connectivity index (χ0v) is 15.3. The van der Waals surface area contributed by atoms with Crippen LogP contribution in [0.4, 0.5) is 5.69 Å². The number of nitrogens with zero attached hydrogens (tertiary/aromatic N) is 2. The fourth-order valence-electron chi connectivity index (χ4n) is 2.71. The molecule has 1 heterocycles. The molecule has 1 aromatic heterocycles. The van der Waals surface area contributed by atoms with Crippen LogP contribution in [0.5, 0.6) is 0 Å². The SMILES string of the molecule is Cc1cc2ncc(C#N)c(NCc3ccc(S(N)(=O)=O)cc3)c2cc1C. The second-order valence-corrected chi connectivity index (χ2v) is 7.72.